The minimum Gasteiger partial charge on any atom is -0.296 e. The lowest BCUT2D eigenvalue weighted by Crippen LogP contribution is -2.58. The molecule has 0 aromatic heterocycles. The van der Waals surface area contributed by atoms with Crippen molar-refractivity contribution >= 4 is 8.07 Å². The first-order valence-electron chi connectivity index (χ1n) is 6.22. The van der Waals surface area contributed by atoms with Crippen molar-refractivity contribution < 1.29 is 0 Å². The van der Waals surface area contributed by atoms with E-state index in [1.165, 1.54) is 11.4 Å². The molecule has 0 aliphatic heterocycles. The van der Waals surface area contributed by atoms with Crippen molar-refractivity contribution in [2.24, 2.45) is 0 Å². The first-order chi connectivity index (χ1) is 6.78. The third kappa shape index (κ3) is 4.42. The molecule has 0 heterocycles. The summed E-state index contributed by atoms with van der Waals surface area (Å²) in [5, 5.41) is 1.39. The van der Waals surface area contributed by atoms with Crippen molar-refractivity contribution in [3.05, 3.63) is 11.8 Å². The van der Waals surface area contributed by atoms with Crippen molar-refractivity contribution in [1.82, 2.24) is 4.90 Å². The third-order valence-corrected chi connectivity index (χ3v) is 6.75. The van der Waals surface area contributed by atoms with Crippen molar-refractivity contribution in [1.29, 1.82) is 0 Å². The molecule has 0 radical (unpaired) electrons. The summed E-state index contributed by atoms with van der Waals surface area (Å²) in [6, 6.07) is 0. The molecule has 16 heavy (non-hydrogen) atoms. The molecular formula is C14H31NSi. The zero-order chi connectivity index (χ0) is 13.4. The van der Waals surface area contributed by atoms with Crippen LogP contribution in [0, 0.1) is 0 Å². The quantitative estimate of drug-likeness (QED) is 0.668. The predicted octanol–water partition coefficient (Wildman–Crippen LogP) is 4.25. The molecule has 0 bridgehead atoms. The van der Waals surface area contributed by atoms with Crippen LogP contribution in [0.2, 0.25) is 13.1 Å². The molecule has 0 aromatic rings. The second kappa shape index (κ2) is 4.65. The molecule has 0 aliphatic carbocycles. The zero-order valence-electron chi connectivity index (χ0n) is 12.9. The van der Waals surface area contributed by atoms with Gasteiger partial charge < -0.3 is 0 Å². The van der Waals surface area contributed by atoms with Gasteiger partial charge in [0.05, 0.1) is 8.07 Å². The monoisotopic (exact) mass is 241 g/mol. The largest absolute Gasteiger partial charge is 0.296 e. The van der Waals surface area contributed by atoms with Crippen molar-refractivity contribution in [2.75, 3.05) is 6.17 Å². The van der Waals surface area contributed by atoms with Gasteiger partial charge in [-0.15, -0.1) is 6.58 Å². The fraction of sp³-hybridized carbons (Fsp3) is 0.857. The van der Waals surface area contributed by atoms with E-state index in [9.17, 15) is 0 Å². The zero-order valence-corrected chi connectivity index (χ0v) is 13.9. The molecular weight excluding hydrogens is 210 g/mol. The lowest BCUT2D eigenvalue weighted by molar-refractivity contribution is 0.0574. The van der Waals surface area contributed by atoms with Crippen LogP contribution in [0.4, 0.5) is 0 Å². The van der Waals surface area contributed by atoms with Crippen LogP contribution in [-0.2, 0) is 0 Å². The maximum absolute atomic E-state index is 4.18. The van der Waals surface area contributed by atoms with E-state index < -0.39 is 8.07 Å². The fourth-order valence-corrected chi connectivity index (χ4v) is 4.02. The second-order valence-corrected chi connectivity index (χ2v) is 12.5. The average molecular weight is 241 g/mol. The molecule has 0 N–H and O–H groups in total. The van der Waals surface area contributed by atoms with Crippen LogP contribution in [-0.4, -0.2) is 30.2 Å². The highest BCUT2D eigenvalue weighted by molar-refractivity contribution is 6.84. The molecule has 0 saturated carbocycles. The highest BCUT2D eigenvalue weighted by atomic mass is 28.3. The standard InChI is InChI=1S/C14H31NSi/c1-12(2)16(9,10)11-15(13(3,4)5)14(6,7)8/h1,11H2,2-10H3. The maximum atomic E-state index is 4.18. The molecule has 2 heteroatoms. The van der Waals surface area contributed by atoms with E-state index in [0.717, 1.165) is 0 Å². The Labute approximate surface area is 104 Å². The lowest BCUT2D eigenvalue weighted by Gasteiger charge is -2.48. The highest BCUT2D eigenvalue weighted by Gasteiger charge is 2.36. The first-order valence-corrected chi connectivity index (χ1v) is 9.43. The van der Waals surface area contributed by atoms with Gasteiger partial charge in [0.25, 0.3) is 0 Å². The summed E-state index contributed by atoms with van der Waals surface area (Å²) in [5.74, 6) is 0. The Morgan fingerprint density at radius 2 is 1.31 bits per heavy atom. The van der Waals surface area contributed by atoms with Gasteiger partial charge in [0.2, 0.25) is 0 Å². The van der Waals surface area contributed by atoms with Crippen molar-refractivity contribution in [2.45, 2.75) is 72.6 Å². The van der Waals surface area contributed by atoms with E-state index in [1.54, 1.807) is 0 Å². The third-order valence-electron chi connectivity index (χ3n) is 3.33. The van der Waals surface area contributed by atoms with Gasteiger partial charge in [-0.05, 0) is 54.6 Å². The Balaban J connectivity index is 5.06. The first kappa shape index (κ1) is 15.9. The van der Waals surface area contributed by atoms with Crippen LogP contribution >= 0.6 is 0 Å². The maximum Gasteiger partial charge on any atom is 0.0887 e. The van der Waals surface area contributed by atoms with Gasteiger partial charge in [0.15, 0.2) is 0 Å². The van der Waals surface area contributed by atoms with Gasteiger partial charge >= 0.3 is 0 Å². The molecule has 0 rings (SSSR count). The highest BCUT2D eigenvalue weighted by Crippen LogP contribution is 2.28. The van der Waals surface area contributed by atoms with E-state index in [1.807, 2.05) is 0 Å². The van der Waals surface area contributed by atoms with E-state index >= 15 is 0 Å². The lowest BCUT2D eigenvalue weighted by atomic mass is 9.97. The summed E-state index contributed by atoms with van der Waals surface area (Å²) in [4.78, 5) is 2.63. The SMILES string of the molecule is C=C(C)[Si](C)(C)CN(C(C)(C)C)C(C)(C)C. The van der Waals surface area contributed by atoms with Gasteiger partial charge in [-0.2, -0.15) is 0 Å². The Bertz CT molecular complexity index is 239. The summed E-state index contributed by atoms with van der Waals surface area (Å²) in [5.41, 5.74) is 0.440. The van der Waals surface area contributed by atoms with Gasteiger partial charge in [-0.1, -0.05) is 18.3 Å². The molecule has 0 amide bonds. The van der Waals surface area contributed by atoms with E-state index in [0.29, 0.717) is 0 Å². The molecule has 1 nitrogen and oxygen atoms in total. The molecule has 0 aliphatic rings. The normalized spacial score (nSPS) is 14.4. The number of hydrogen-bond acceptors (Lipinski definition) is 1. The summed E-state index contributed by atoms with van der Waals surface area (Å²) in [6.45, 7) is 25.0. The van der Waals surface area contributed by atoms with Crippen LogP contribution in [0.3, 0.4) is 0 Å². The Morgan fingerprint density at radius 3 is 1.50 bits per heavy atom. The Morgan fingerprint density at radius 1 is 1.00 bits per heavy atom. The molecule has 0 fully saturated rings. The summed E-state index contributed by atoms with van der Waals surface area (Å²) >= 11 is 0. The minimum absolute atomic E-state index is 0.220. The van der Waals surface area contributed by atoms with Crippen molar-refractivity contribution in [3.63, 3.8) is 0 Å². The Kier molecular flexibility index (Phi) is 4.63. The summed E-state index contributed by atoms with van der Waals surface area (Å²) in [7, 11) is -1.33. The van der Waals surface area contributed by atoms with Gasteiger partial charge in [0.1, 0.15) is 0 Å². The number of nitrogens with zero attached hydrogens (tertiary/aromatic N) is 1. The average Bonchev–Trinajstić information content (AvgIpc) is 1.95. The number of hydrogen-bond donors (Lipinski definition) is 0. The molecule has 0 saturated heterocycles. The van der Waals surface area contributed by atoms with Crippen LogP contribution < -0.4 is 0 Å². The topological polar surface area (TPSA) is 3.24 Å². The van der Waals surface area contributed by atoms with Crippen molar-refractivity contribution in [3.8, 4) is 0 Å². The predicted molar refractivity (Wildman–Crippen MR) is 78.5 cm³/mol. The smallest absolute Gasteiger partial charge is 0.0887 e. The van der Waals surface area contributed by atoms with E-state index in [2.05, 4.69) is 73.0 Å². The Hall–Kier alpha value is -0.0831. The molecule has 0 aromatic carbocycles. The van der Waals surface area contributed by atoms with Crippen LogP contribution in [0.15, 0.2) is 11.8 Å². The fourth-order valence-electron chi connectivity index (χ4n) is 2.01. The molecule has 0 unspecified atom stereocenters. The number of allylic oxidation sites excluding steroid dienone is 1. The van der Waals surface area contributed by atoms with Crippen LogP contribution in [0.1, 0.15) is 48.5 Å². The second-order valence-electron chi connectivity index (χ2n) is 7.59. The van der Waals surface area contributed by atoms with E-state index in [-0.39, 0.29) is 11.1 Å². The van der Waals surface area contributed by atoms with Gasteiger partial charge in [0, 0.05) is 11.1 Å². The van der Waals surface area contributed by atoms with Crippen LogP contribution in [0.25, 0.3) is 0 Å². The molecule has 96 valence electrons. The van der Waals surface area contributed by atoms with Crippen LogP contribution in [0.5, 0.6) is 0 Å². The summed E-state index contributed by atoms with van der Waals surface area (Å²) in [6.07, 6.45) is 1.19. The van der Waals surface area contributed by atoms with Gasteiger partial charge in [-0.25, -0.2) is 0 Å². The van der Waals surface area contributed by atoms with Gasteiger partial charge in [-0.3, -0.25) is 4.90 Å². The minimum atomic E-state index is -1.33. The van der Waals surface area contributed by atoms with E-state index in [4.69, 9.17) is 0 Å². The molecule has 0 atom stereocenters. The molecule has 0 spiro atoms. The number of rotatable bonds is 3. The summed E-state index contributed by atoms with van der Waals surface area (Å²) < 4.78 is 0.